The van der Waals surface area contributed by atoms with E-state index in [0.29, 0.717) is 6.04 Å². The minimum atomic E-state index is 0.0612. The maximum atomic E-state index is 11.6. The van der Waals surface area contributed by atoms with Crippen LogP contribution in [0, 0.1) is 0 Å². The van der Waals surface area contributed by atoms with Gasteiger partial charge in [0.05, 0.1) is 6.54 Å². The Morgan fingerprint density at radius 2 is 2.28 bits per heavy atom. The van der Waals surface area contributed by atoms with Crippen molar-refractivity contribution in [3.8, 4) is 0 Å². The lowest BCUT2D eigenvalue weighted by Crippen LogP contribution is -2.39. The van der Waals surface area contributed by atoms with Crippen molar-refractivity contribution < 1.29 is 4.79 Å². The molecule has 1 unspecified atom stereocenters. The number of hydrogen-bond acceptors (Lipinski definition) is 3. The van der Waals surface area contributed by atoms with Gasteiger partial charge in [0.25, 0.3) is 0 Å². The van der Waals surface area contributed by atoms with E-state index in [9.17, 15) is 4.79 Å². The number of aromatic amines is 1. The lowest BCUT2D eigenvalue weighted by Gasteiger charge is -2.27. The predicted octanol–water partition coefficient (Wildman–Crippen LogP) is 0.569. The first kappa shape index (κ1) is 13.1. The molecule has 1 aliphatic heterocycles. The van der Waals surface area contributed by atoms with Gasteiger partial charge in [-0.3, -0.25) is 9.69 Å². The number of H-pyrrole nitrogens is 1. The van der Waals surface area contributed by atoms with Gasteiger partial charge < -0.3 is 15.6 Å². The van der Waals surface area contributed by atoms with E-state index in [2.05, 4.69) is 22.9 Å². The molecule has 1 saturated heterocycles. The number of nitrogens with one attached hydrogen (secondary N) is 1. The molecule has 5 nitrogen and oxygen atoms in total. The zero-order chi connectivity index (χ0) is 13.0. The van der Waals surface area contributed by atoms with E-state index >= 15 is 0 Å². The second-order valence-corrected chi connectivity index (χ2v) is 4.79. The molecule has 0 bridgehead atoms. The summed E-state index contributed by atoms with van der Waals surface area (Å²) in [5.41, 5.74) is 6.72. The highest BCUT2D eigenvalue weighted by molar-refractivity contribution is 5.78. The van der Waals surface area contributed by atoms with Crippen molar-refractivity contribution in [1.82, 2.24) is 14.8 Å². The summed E-state index contributed by atoms with van der Waals surface area (Å²) in [7, 11) is 0. The second kappa shape index (κ2) is 6.02. The van der Waals surface area contributed by atoms with Crippen LogP contribution < -0.4 is 5.73 Å². The fraction of sp³-hybridized carbons (Fsp3) is 0.615. The highest BCUT2D eigenvalue weighted by Crippen LogP contribution is 2.20. The zero-order valence-electron chi connectivity index (χ0n) is 10.9. The highest BCUT2D eigenvalue weighted by Gasteiger charge is 2.22. The van der Waals surface area contributed by atoms with E-state index in [1.54, 1.807) is 0 Å². The fourth-order valence-electron chi connectivity index (χ4n) is 2.51. The van der Waals surface area contributed by atoms with Gasteiger partial charge in [-0.2, -0.15) is 0 Å². The Balaban J connectivity index is 1.94. The monoisotopic (exact) mass is 250 g/mol. The van der Waals surface area contributed by atoms with E-state index in [4.69, 9.17) is 5.73 Å². The van der Waals surface area contributed by atoms with Crippen molar-refractivity contribution >= 4 is 5.91 Å². The van der Waals surface area contributed by atoms with E-state index in [1.807, 2.05) is 17.3 Å². The van der Waals surface area contributed by atoms with Crippen LogP contribution in [0.1, 0.15) is 24.9 Å². The third-order valence-corrected chi connectivity index (χ3v) is 3.71. The Morgan fingerprint density at radius 3 is 2.94 bits per heavy atom. The predicted molar refractivity (Wildman–Crippen MR) is 71.0 cm³/mol. The maximum absolute atomic E-state index is 11.6. The van der Waals surface area contributed by atoms with Crippen molar-refractivity contribution in [2.24, 2.45) is 5.73 Å². The molecular formula is C13H22N4O. The van der Waals surface area contributed by atoms with Crippen LogP contribution in [0.2, 0.25) is 0 Å². The minimum absolute atomic E-state index is 0.0612. The maximum Gasteiger partial charge on any atom is 0.236 e. The summed E-state index contributed by atoms with van der Waals surface area (Å²) < 4.78 is 0. The van der Waals surface area contributed by atoms with Crippen LogP contribution in [-0.4, -0.2) is 53.4 Å². The molecule has 100 valence electrons. The first-order valence-corrected chi connectivity index (χ1v) is 6.57. The topological polar surface area (TPSA) is 65.4 Å². The standard InChI is InChI=1S/C13H22N4O/c1-11(12-3-4-15-10-12)16-5-2-6-17(8-7-16)13(18)9-14/h3-4,10-11,15H,2,5-9,14H2,1H3. The normalized spacial score (nSPS) is 19.6. The number of amides is 1. The van der Waals surface area contributed by atoms with Crippen LogP contribution in [0.15, 0.2) is 18.5 Å². The van der Waals surface area contributed by atoms with Gasteiger partial charge in [0.1, 0.15) is 0 Å². The molecule has 1 aromatic heterocycles. The second-order valence-electron chi connectivity index (χ2n) is 4.79. The average molecular weight is 250 g/mol. The minimum Gasteiger partial charge on any atom is -0.367 e. The first-order chi connectivity index (χ1) is 8.72. The summed E-state index contributed by atoms with van der Waals surface area (Å²) in [5.74, 6) is 0.0612. The van der Waals surface area contributed by atoms with Crippen molar-refractivity contribution in [2.45, 2.75) is 19.4 Å². The van der Waals surface area contributed by atoms with E-state index in [-0.39, 0.29) is 12.5 Å². The van der Waals surface area contributed by atoms with Gasteiger partial charge in [-0.25, -0.2) is 0 Å². The van der Waals surface area contributed by atoms with Crippen molar-refractivity contribution in [3.05, 3.63) is 24.0 Å². The number of rotatable bonds is 3. The van der Waals surface area contributed by atoms with E-state index in [1.165, 1.54) is 5.56 Å². The number of nitrogens with zero attached hydrogens (tertiary/aromatic N) is 2. The Labute approximate surface area is 108 Å². The lowest BCUT2D eigenvalue weighted by molar-refractivity contribution is -0.129. The zero-order valence-corrected chi connectivity index (χ0v) is 10.9. The summed E-state index contributed by atoms with van der Waals surface area (Å²) in [5, 5.41) is 0. The van der Waals surface area contributed by atoms with Crippen LogP contribution in [0.25, 0.3) is 0 Å². The molecule has 1 fully saturated rings. The summed E-state index contributed by atoms with van der Waals surface area (Å²) in [6.07, 6.45) is 5.01. The number of carbonyl (C=O) groups excluding carboxylic acids is 1. The molecule has 0 saturated carbocycles. The average Bonchev–Trinajstić information content (AvgIpc) is 2.81. The Bertz CT molecular complexity index is 376. The van der Waals surface area contributed by atoms with E-state index < -0.39 is 0 Å². The van der Waals surface area contributed by atoms with E-state index in [0.717, 1.165) is 32.6 Å². The Hall–Kier alpha value is -1.33. The van der Waals surface area contributed by atoms with Gasteiger partial charge in [0.15, 0.2) is 0 Å². The molecule has 0 aliphatic carbocycles. The molecule has 2 rings (SSSR count). The third-order valence-electron chi connectivity index (χ3n) is 3.71. The molecule has 1 atom stereocenters. The molecule has 1 amide bonds. The largest absolute Gasteiger partial charge is 0.367 e. The van der Waals surface area contributed by atoms with Crippen molar-refractivity contribution in [3.63, 3.8) is 0 Å². The fourth-order valence-corrected chi connectivity index (χ4v) is 2.51. The van der Waals surface area contributed by atoms with Crippen molar-refractivity contribution in [1.29, 1.82) is 0 Å². The first-order valence-electron chi connectivity index (χ1n) is 6.57. The number of nitrogens with two attached hydrogens (primary N) is 1. The van der Waals surface area contributed by atoms with Gasteiger partial charge in [-0.15, -0.1) is 0 Å². The quantitative estimate of drug-likeness (QED) is 0.824. The summed E-state index contributed by atoms with van der Waals surface area (Å²) in [6.45, 7) is 5.88. The molecule has 5 heteroatoms. The highest BCUT2D eigenvalue weighted by atomic mass is 16.2. The van der Waals surface area contributed by atoms with Gasteiger partial charge in [0.2, 0.25) is 5.91 Å². The summed E-state index contributed by atoms with van der Waals surface area (Å²) >= 11 is 0. The number of hydrogen-bond donors (Lipinski definition) is 2. The number of aromatic nitrogens is 1. The van der Waals surface area contributed by atoms with Crippen LogP contribution in [-0.2, 0) is 4.79 Å². The van der Waals surface area contributed by atoms with Crippen LogP contribution in [0.3, 0.4) is 0 Å². The molecular weight excluding hydrogens is 228 g/mol. The Kier molecular flexibility index (Phi) is 4.38. The summed E-state index contributed by atoms with van der Waals surface area (Å²) in [4.78, 5) is 19.0. The van der Waals surface area contributed by atoms with Gasteiger partial charge >= 0.3 is 0 Å². The Morgan fingerprint density at radius 1 is 1.44 bits per heavy atom. The third kappa shape index (κ3) is 2.91. The molecule has 18 heavy (non-hydrogen) atoms. The molecule has 0 radical (unpaired) electrons. The van der Waals surface area contributed by atoms with Crippen LogP contribution >= 0.6 is 0 Å². The van der Waals surface area contributed by atoms with Crippen molar-refractivity contribution in [2.75, 3.05) is 32.7 Å². The smallest absolute Gasteiger partial charge is 0.236 e. The molecule has 0 aromatic carbocycles. The molecule has 1 aromatic rings. The number of carbonyl (C=O) groups is 1. The van der Waals surface area contributed by atoms with Crippen LogP contribution in [0.4, 0.5) is 0 Å². The van der Waals surface area contributed by atoms with Gasteiger partial charge in [-0.05, 0) is 25.0 Å². The van der Waals surface area contributed by atoms with Gasteiger partial charge in [0, 0.05) is 44.6 Å². The molecule has 2 heterocycles. The molecule has 1 aliphatic rings. The molecule has 0 spiro atoms. The van der Waals surface area contributed by atoms with Crippen LogP contribution in [0.5, 0.6) is 0 Å². The SMILES string of the molecule is CC(c1cc[nH]c1)N1CCCN(C(=O)CN)CC1. The molecule has 3 N–H and O–H groups in total. The lowest BCUT2D eigenvalue weighted by atomic mass is 10.1. The van der Waals surface area contributed by atoms with Gasteiger partial charge in [-0.1, -0.05) is 0 Å². The summed E-state index contributed by atoms with van der Waals surface area (Å²) in [6, 6.07) is 2.50.